The summed E-state index contributed by atoms with van der Waals surface area (Å²) in [6, 6.07) is 7.10. The quantitative estimate of drug-likeness (QED) is 0.843. The van der Waals surface area contributed by atoms with Gasteiger partial charge in [-0.15, -0.1) is 0 Å². The standard InChI is InChI=1S/C17H27BrN2/c1-5-19-13(4)16-10-15(18)6-7-17(16)20-9-8-14(11-20)12(2)3/h6-7,10,12-14,19H,5,8-9,11H2,1-4H3. The van der Waals surface area contributed by atoms with Gasteiger partial charge in [0.05, 0.1) is 0 Å². The van der Waals surface area contributed by atoms with Crippen LogP contribution in [0.1, 0.15) is 45.7 Å². The van der Waals surface area contributed by atoms with E-state index in [0.29, 0.717) is 6.04 Å². The van der Waals surface area contributed by atoms with Crippen molar-refractivity contribution in [2.45, 2.75) is 40.2 Å². The molecule has 3 heteroatoms. The zero-order chi connectivity index (χ0) is 14.7. The van der Waals surface area contributed by atoms with E-state index in [-0.39, 0.29) is 0 Å². The highest BCUT2D eigenvalue weighted by Gasteiger charge is 2.27. The van der Waals surface area contributed by atoms with E-state index in [1.54, 1.807) is 0 Å². The maximum absolute atomic E-state index is 3.61. The number of nitrogens with one attached hydrogen (secondary N) is 1. The van der Waals surface area contributed by atoms with Crippen LogP contribution >= 0.6 is 15.9 Å². The van der Waals surface area contributed by atoms with Gasteiger partial charge in [-0.3, -0.25) is 0 Å². The Hall–Kier alpha value is -0.540. The lowest BCUT2D eigenvalue weighted by Gasteiger charge is -2.26. The Balaban J connectivity index is 2.23. The van der Waals surface area contributed by atoms with Crippen LogP contribution < -0.4 is 10.2 Å². The van der Waals surface area contributed by atoms with Crippen molar-refractivity contribution >= 4 is 21.6 Å². The Kier molecular flexibility index (Phi) is 5.50. The van der Waals surface area contributed by atoms with Gasteiger partial charge in [-0.25, -0.2) is 0 Å². The first-order valence-corrected chi connectivity index (χ1v) is 8.60. The molecule has 1 aliphatic rings. The van der Waals surface area contributed by atoms with Crippen molar-refractivity contribution < 1.29 is 0 Å². The van der Waals surface area contributed by atoms with Gasteiger partial charge in [0.2, 0.25) is 0 Å². The summed E-state index contributed by atoms with van der Waals surface area (Å²) in [6.45, 7) is 12.5. The molecule has 0 spiro atoms. The molecule has 0 saturated carbocycles. The number of halogens is 1. The van der Waals surface area contributed by atoms with Crippen LogP contribution in [0.15, 0.2) is 22.7 Å². The van der Waals surface area contributed by atoms with E-state index >= 15 is 0 Å². The summed E-state index contributed by atoms with van der Waals surface area (Å²) in [5.41, 5.74) is 2.82. The van der Waals surface area contributed by atoms with Gasteiger partial charge < -0.3 is 10.2 Å². The van der Waals surface area contributed by atoms with Crippen LogP contribution in [0.2, 0.25) is 0 Å². The third kappa shape index (κ3) is 3.56. The number of anilines is 1. The van der Waals surface area contributed by atoms with Crippen LogP contribution in [0.4, 0.5) is 5.69 Å². The molecule has 2 rings (SSSR count). The molecule has 0 amide bonds. The lowest BCUT2D eigenvalue weighted by molar-refractivity contribution is 0.422. The van der Waals surface area contributed by atoms with Crippen LogP contribution in [0, 0.1) is 11.8 Å². The van der Waals surface area contributed by atoms with Crippen molar-refractivity contribution in [3.63, 3.8) is 0 Å². The van der Waals surface area contributed by atoms with Crippen molar-refractivity contribution in [2.24, 2.45) is 11.8 Å². The molecule has 2 unspecified atom stereocenters. The van der Waals surface area contributed by atoms with E-state index in [9.17, 15) is 0 Å². The van der Waals surface area contributed by atoms with E-state index in [1.165, 1.54) is 35.2 Å². The monoisotopic (exact) mass is 338 g/mol. The number of nitrogens with zero attached hydrogens (tertiary/aromatic N) is 1. The molecule has 1 aromatic carbocycles. The second-order valence-corrected chi connectivity index (χ2v) is 7.14. The van der Waals surface area contributed by atoms with Crippen LogP contribution in [-0.4, -0.2) is 19.6 Å². The van der Waals surface area contributed by atoms with Crippen molar-refractivity contribution in [1.29, 1.82) is 0 Å². The lowest BCUT2D eigenvalue weighted by atomic mass is 9.95. The lowest BCUT2D eigenvalue weighted by Crippen LogP contribution is -2.25. The number of hydrogen-bond acceptors (Lipinski definition) is 2. The second-order valence-electron chi connectivity index (χ2n) is 6.22. The third-order valence-electron chi connectivity index (χ3n) is 4.47. The normalized spacial score (nSPS) is 20.7. The van der Waals surface area contributed by atoms with Crippen molar-refractivity contribution in [2.75, 3.05) is 24.5 Å². The third-order valence-corrected chi connectivity index (χ3v) is 4.97. The average Bonchev–Trinajstić information content (AvgIpc) is 2.88. The molecular formula is C17H27BrN2. The molecule has 112 valence electrons. The summed E-state index contributed by atoms with van der Waals surface area (Å²) in [6.07, 6.45) is 1.32. The molecule has 0 bridgehead atoms. The number of rotatable bonds is 5. The van der Waals surface area contributed by atoms with Crippen LogP contribution in [0.5, 0.6) is 0 Å². The highest BCUT2D eigenvalue weighted by Crippen LogP contribution is 2.34. The fourth-order valence-corrected chi connectivity index (χ4v) is 3.51. The molecule has 2 nitrogen and oxygen atoms in total. The van der Waals surface area contributed by atoms with E-state index in [1.807, 2.05) is 0 Å². The molecular weight excluding hydrogens is 312 g/mol. The summed E-state index contributed by atoms with van der Waals surface area (Å²) >= 11 is 3.61. The molecule has 1 saturated heterocycles. The van der Waals surface area contributed by atoms with Gasteiger partial charge in [0, 0.05) is 29.3 Å². The van der Waals surface area contributed by atoms with Gasteiger partial charge in [0.1, 0.15) is 0 Å². The topological polar surface area (TPSA) is 15.3 Å². The zero-order valence-corrected chi connectivity index (χ0v) is 14.7. The first-order chi connectivity index (χ1) is 9.52. The molecule has 1 aliphatic heterocycles. The van der Waals surface area contributed by atoms with Crippen molar-refractivity contribution in [3.05, 3.63) is 28.2 Å². The Morgan fingerprint density at radius 1 is 1.35 bits per heavy atom. The fourth-order valence-electron chi connectivity index (χ4n) is 3.13. The summed E-state index contributed by atoms with van der Waals surface area (Å²) < 4.78 is 1.17. The van der Waals surface area contributed by atoms with Crippen molar-refractivity contribution in [3.8, 4) is 0 Å². The molecule has 1 heterocycles. The smallest absolute Gasteiger partial charge is 0.0415 e. The van der Waals surface area contributed by atoms with Gasteiger partial charge in [-0.05, 0) is 55.5 Å². The fraction of sp³-hybridized carbons (Fsp3) is 0.647. The molecule has 1 fully saturated rings. The first kappa shape index (κ1) is 15.8. The predicted molar refractivity (Wildman–Crippen MR) is 91.4 cm³/mol. The van der Waals surface area contributed by atoms with Gasteiger partial charge in [-0.2, -0.15) is 0 Å². The molecule has 2 atom stereocenters. The highest BCUT2D eigenvalue weighted by atomic mass is 79.9. The largest absolute Gasteiger partial charge is 0.371 e. The zero-order valence-electron chi connectivity index (χ0n) is 13.1. The SMILES string of the molecule is CCNC(C)c1cc(Br)ccc1N1CCC(C(C)C)C1. The summed E-state index contributed by atoms with van der Waals surface area (Å²) in [5, 5.41) is 3.54. The predicted octanol–water partition coefficient (Wildman–Crippen LogP) is 4.60. The highest BCUT2D eigenvalue weighted by molar-refractivity contribution is 9.10. The van der Waals surface area contributed by atoms with Crippen LogP contribution in [-0.2, 0) is 0 Å². The van der Waals surface area contributed by atoms with Crippen molar-refractivity contribution in [1.82, 2.24) is 5.32 Å². The molecule has 0 radical (unpaired) electrons. The summed E-state index contributed by atoms with van der Waals surface area (Å²) in [5.74, 6) is 1.62. The minimum Gasteiger partial charge on any atom is -0.371 e. The minimum absolute atomic E-state index is 0.394. The maximum atomic E-state index is 3.61. The Morgan fingerprint density at radius 2 is 2.10 bits per heavy atom. The molecule has 0 aromatic heterocycles. The Morgan fingerprint density at radius 3 is 2.70 bits per heavy atom. The van der Waals surface area contributed by atoms with E-state index in [4.69, 9.17) is 0 Å². The van der Waals surface area contributed by atoms with E-state index < -0.39 is 0 Å². The average molecular weight is 339 g/mol. The summed E-state index contributed by atoms with van der Waals surface area (Å²) in [4.78, 5) is 2.57. The van der Waals surface area contributed by atoms with Crippen LogP contribution in [0.25, 0.3) is 0 Å². The first-order valence-electron chi connectivity index (χ1n) is 7.80. The molecule has 0 aliphatic carbocycles. The van der Waals surface area contributed by atoms with E-state index in [0.717, 1.165) is 18.4 Å². The molecule has 1 N–H and O–H groups in total. The Bertz CT molecular complexity index is 445. The molecule has 1 aromatic rings. The maximum Gasteiger partial charge on any atom is 0.0415 e. The van der Waals surface area contributed by atoms with Crippen LogP contribution in [0.3, 0.4) is 0 Å². The van der Waals surface area contributed by atoms with E-state index in [2.05, 4.69) is 72.0 Å². The van der Waals surface area contributed by atoms with Gasteiger partial charge in [0.25, 0.3) is 0 Å². The van der Waals surface area contributed by atoms with Gasteiger partial charge in [-0.1, -0.05) is 36.7 Å². The number of hydrogen-bond donors (Lipinski definition) is 1. The van der Waals surface area contributed by atoms with Gasteiger partial charge in [0.15, 0.2) is 0 Å². The minimum atomic E-state index is 0.394. The Labute approximate surface area is 132 Å². The molecule has 20 heavy (non-hydrogen) atoms. The number of benzene rings is 1. The van der Waals surface area contributed by atoms with Gasteiger partial charge >= 0.3 is 0 Å². The second kappa shape index (κ2) is 6.95. The summed E-state index contributed by atoms with van der Waals surface area (Å²) in [7, 11) is 0.